The van der Waals surface area contributed by atoms with Crippen molar-refractivity contribution in [2.45, 2.75) is 366 Å². The highest BCUT2D eigenvalue weighted by Gasteiger charge is 2.18. The van der Waals surface area contributed by atoms with Crippen LogP contribution in [0, 0.1) is 0 Å². The summed E-state index contributed by atoms with van der Waals surface area (Å²) in [4.78, 5) is 12.5. The highest BCUT2D eigenvalue weighted by Crippen LogP contribution is 2.19. The molecule has 388 valence electrons. The van der Waals surface area contributed by atoms with E-state index in [1.807, 2.05) is 6.08 Å². The zero-order chi connectivity index (χ0) is 47.0. The molecule has 0 aliphatic rings. The summed E-state index contributed by atoms with van der Waals surface area (Å²) in [6, 6.07) is -0.619. The number of carbonyl (C=O) groups is 1. The number of allylic oxidation sites excluding steroid dienone is 1. The second-order valence-corrected chi connectivity index (χ2v) is 21.1. The number of aliphatic hydroxyl groups is 2. The van der Waals surface area contributed by atoms with E-state index in [0.717, 1.165) is 25.7 Å². The summed E-state index contributed by atoms with van der Waals surface area (Å²) in [6.07, 6.45) is 75.4. The van der Waals surface area contributed by atoms with Crippen LogP contribution in [0.4, 0.5) is 0 Å². The molecule has 0 aliphatic heterocycles. The van der Waals surface area contributed by atoms with Crippen molar-refractivity contribution >= 4 is 5.91 Å². The third-order valence-electron chi connectivity index (χ3n) is 14.5. The second kappa shape index (κ2) is 57.4. The van der Waals surface area contributed by atoms with Gasteiger partial charge in [0.1, 0.15) is 0 Å². The number of nitrogens with one attached hydrogen (secondary N) is 1. The summed E-state index contributed by atoms with van der Waals surface area (Å²) < 4.78 is 0. The Morgan fingerprint density at radius 3 is 0.800 bits per heavy atom. The topological polar surface area (TPSA) is 69.6 Å². The summed E-state index contributed by atoms with van der Waals surface area (Å²) >= 11 is 0. The standard InChI is InChI=1S/C61H121NO3/c1-3-5-7-9-11-13-15-17-19-21-23-25-27-29-31-32-34-36-38-40-42-44-46-48-50-52-54-56-60(64)59(58-63)62-61(65)57-55-53-51-49-47-45-43-41-39-37-35-33-30-28-26-24-22-20-18-16-14-12-10-8-6-4-2/h54,56,59-60,63-64H,3-53,55,57-58H2,1-2H3,(H,62,65)/b56-54+. The summed E-state index contributed by atoms with van der Waals surface area (Å²) in [5.74, 6) is -0.0546. The van der Waals surface area contributed by atoms with Gasteiger partial charge in [0.25, 0.3) is 0 Å². The predicted octanol–water partition coefficient (Wildman–Crippen LogP) is 20.1. The van der Waals surface area contributed by atoms with Crippen LogP contribution in [-0.2, 0) is 4.79 Å². The van der Waals surface area contributed by atoms with Crippen LogP contribution in [0.15, 0.2) is 12.2 Å². The van der Waals surface area contributed by atoms with Gasteiger partial charge in [-0.05, 0) is 19.3 Å². The van der Waals surface area contributed by atoms with E-state index >= 15 is 0 Å². The molecule has 0 aliphatic carbocycles. The molecule has 2 unspecified atom stereocenters. The lowest BCUT2D eigenvalue weighted by Crippen LogP contribution is -2.45. The van der Waals surface area contributed by atoms with Gasteiger partial charge >= 0.3 is 0 Å². The first kappa shape index (κ1) is 64.1. The third-order valence-corrected chi connectivity index (χ3v) is 14.5. The molecular formula is C61H121NO3. The smallest absolute Gasteiger partial charge is 0.220 e. The van der Waals surface area contributed by atoms with Gasteiger partial charge in [-0.2, -0.15) is 0 Å². The molecule has 0 aromatic carbocycles. The van der Waals surface area contributed by atoms with Crippen LogP contribution in [0.25, 0.3) is 0 Å². The Morgan fingerprint density at radius 2 is 0.569 bits per heavy atom. The first-order valence-corrected chi connectivity index (χ1v) is 30.4. The summed E-state index contributed by atoms with van der Waals surface area (Å²) in [6.45, 7) is 4.36. The normalized spacial score (nSPS) is 12.7. The minimum Gasteiger partial charge on any atom is -0.394 e. The fraction of sp³-hybridized carbons (Fsp3) is 0.951. The monoisotopic (exact) mass is 916 g/mol. The minimum absolute atomic E-state index is 0.0546. The van der Waals surface area contributed by atoms with Crippen LogP contribution in [0.3, 0.4) is 0 Å². The molecule has 4 heteroatoms. The van der Waals surface area contributed by atoms with E-state index in [-0.39, 0.29) is 12.5 Å². The van der Waals surface area contributed by atoms with Crippen molar-refractivity contribution in [3.05, 3.63) is 12.2 Å². The van der Waals surface area contributed by atoms with Gasteiger partial charge in [0.05, 0.1) is 18.8 Å². The van der Waals surface area contributed by atoms with Crippen molar-refractivity contribution in [3.63, 3.8) is 0 Å². The van der Waals surface area contributed by atoms with E-state index in [1.54, 1.807) is 6.08 Å². The van der Waals surface area contributed by atoms with Gasteiger partial charge in [-0.15, -0.1) is 0 Å². The third kappa shape index (κ3) is 53.9. The van der Waals surface area contributed by atoms with E-state index in [0.29, 0.717) is 6.42 Å². The van der Waals surface area contributed by atoms with Crippen LogP contribution in [0.2, 0.25) is 0 Å². The second-order valence-electron chi connectivity index (χ2n) is 21.1. The van der Waals surface area contributed by atoms with Gasteiger partial charge in [-0.1, -0.05) is 341 Å². The molecular weight excluding hydrogens is 795 g/mol. The average Bonchev–Trinajstić information content (AvgIpc) is 3.31. The minimum atomic E-state index is -0.836. The van der Waals surface area contributed by atoms with Gasteiger partial charge in [0, 0.05) is 6.42 Å². The molecule has 0 fully saturated rings. The quantitative estimate of drug-likeness (QED) is 0.0421. The molecule has 0 spiro atoms. The fourth-order valence-electron chi connectivity index (χ4n) is 9.89. The lowest BCUT2D eigenvalue weighted by atomic mass is 10.0. The number of hydrogen-bond acceptors (Lipinski definition) is 3. The SMILES string of the molecule is CCCCCCCCCCCCCCCCCCCCCCCCCCC/C=C/C(O)C(CO)NC(=O)CCCCCCCCCCCCCCCCCCCCCCCCCCCC. The van der Waals surface area contributed by atoms with Crippen molar-refractivity contribution in [1.82, 2.24) is 5.32 Å². The Bertz CT molecular complexity index is 905. The highest BCUT2D eigenvalue weighted by atomic mass is 16.3. The van der Waals surface area contributed by atoms with Crippen molar-refractivity contribution in [2.24, 2.45) is 0 Å². The zero-order valence-electron chi connectivity index (χ0n) is 44.8. The lowest BCUT2D eigenvalue weighted by Gasteiger charge is -2.20. The number of aliphatic hydroxyl groups excluding tert-OH is 2. The Labute approximate surface area is 409 Å². The molecule has 4 nitrogen and oxygen atoms in total. The first-order valence-electron chi connectivity index (χ1n) is 30.4. The first-order chi connectivity index (χ1) is 32.2. The van der Waals surface area contributed by atoms with Crippen LogP contribution in [0.1, 0.15) is 354 Å². The lowest BCUT2D eigenvalue weighted by molar-refractivity contribution is -0.123. The van der Waals surface area contributed by atoms with Gasteiger partial charge in [-0.3, -0.25) is 4.79 Å². The van der Waals surface area contributed by atoms with Crippen molar-refractivity contribution in [2.75, 3.05) is 6.61 Å². The van der Waals surface area contributed by atoms with E-state index in [2.05, 4.69) is 19.2 Å². The molecule has 3 N–H and O–H groups in total. The van der Waals surface area contributed by atoms with Crippen LogP contribution < -0.4 is 5.32 Å². The average molecular weight is 917 g/mol. The van der Waals surface area contributed by atoms with Gasteiger partial charge in [0.2, 0.25) is 5.91 Å². The van der Waals surface area contributed by atoms with Crippen LogP contribution in [-0.4, -0.2) is 34.9 Å². The maximum atomic E-state index is 12.5. The number of rotatable bonds is 57. The van der Waals surface area contributed by atoms with Gasteiger partial charge in [-0.25, -0.2) is 0 Å². The number of hydrogen-bond donors (Lipinski definition) is 3. The van der Waals surface area contributed by atoms with E-state index < -0.39 is 12.1 Å². The Balaban J connectivity index is 3.43. The molecule has 1 amide bonds. The molecule has 0 rings (SSSR count). The molecule has 0 aromatic heterocycles. The van der Waals surface area contributed by atoms with E-state index in [9.17, 15) is 15.0 Å². The predicted molar refractivity (Wildman–Crippen MR) is 290 cm³/mol. The fourth-order valence-corrected chi connectivity index (χ4v) is 9.89. The number of amides is 1. The molecule has 0 saturated carbocycles. The van der Waals surface area contributed by atoms with Crippen LogP contribution in [0.5, 0.6) is 0 Å². The maximum absolute atomic E-state index is 12.5. The number of carbonyl (C=O) groups excluding carboxylic acids is 1. The molecule has 0 aromatic rings. The summed E-state index contributed by atoms with van der Waals surface area (Å²) in [5, 5.41) is 23.2. The molecule has 65 heavy (non-hydrogen) atoms. The van der Waals surface area contributed by atoms with Crippen molar-refractivity contribution in [1.29, 1.82) is 0 Å². The number of unbranched alkanes of at least 4 members (excludes halogenated alkanes) is 50. The van der Waals surface area contributed by atoms with Crippen LogP contribution >= 0.6 is 0 Å². The van der Waals surface area contributed by atoms with E-state index in [4.69, 9.17) is 0 Å². The molecule has 0 heterocycles. The van der Waals surface area contributed by atoms with Gasteiger partial charge < -0.3 is 15.5 Å². The van der Waals surface area contributed by atoms with E-state index in [1.165, 1.54) is 308 Å². The largest absolute Gasteiger partial charge is 0.394 e. The summed E-state index contributed by atoms with van der Waals surface area (Å²) in [7, 11) is 0. The molecule has 0 radical (unpaired) electrons. The zero-order valence-corrected chi connectivity index (χ0v) is 44.8. The Hall–Kier alpha value is -0.870. The Morgan fingerprint density at radius 1 is 0.354 bits per heavy atom. The van der Waals surface area contributed by atoms with Crippen molar-refractivity contribution in [3.8, 4) is 0 Å². The molecule has 0 bridgehead atoms. The molecule has 2 atom stereocenters. The molecule has 0 saturated heterocycles. The van der Waals surface area contributed by atoms with Crippen molar-refractivity contribution < 1.29 is 15.0 Å². The maximum Gasteiger partial charge on any atom is 0.220 e. The highest BCUT2D eigenvalue weighted by molar-refractivity contribution is 5.76. The Kier molecular flexibility index (Phi) is 56.7. The van der Waals surface area contributed by atoms with Gasteiger partial charge in [0.15, 0.2) is 0 Å². The summed E-state index contributed by atoms with van der Waals surface area (Å²) in [5.41, 5.74) is 0.